The molecule has 118 valence electrons. The van der Waals surface area contributed by atoms with Gasteiger partial charge in [0.05, 0.1) is 0 Å². The van der Waals surface area contributed by atoms with Crippen LogP contribution in [0.4, 0.5) is 0 Å². The van der Waals surface area contributed by atoms with Crippen molar-refractivity contribution in [2.24, 2.45) is 0 Å². The van der Waals surface area contributed by atoms with Crippen molar-refractivity contribution >= 4 is 11.2 Å². The van der Waals surface area contributed by atoms with Crippen LogP contribution in [0.5, 0.6) is 0 Å². The first kappa shape index (κ1) is 14.4. The van der Waals surface area contributed by atoms with Crippen molar-refractivity contribution in [3.63, 3.8) is 0 Å². The van der Waals surface area contributed by atoms with E-state index in [9.17, 15) is 0 Å². The summed E-state index contributed by atoms with van der Waals surface area (Å²) in [6.07, 6.45) is 5.10. The second-order valence-corrected chi connectivity index (χ2v) is 6.40. The zero-order valence-corrected chi connectivity index (χ0v) is 13.5. The first-order chi connectivity index (χ1) is 11.3. The van der Waals surface area contributed by atoms with Crippen LogP contribution in [0.25, 0.3) is 11.2 Å². The molecule has 3 aromatic rings. The number of hydrogen-bond acceptors (Lipinski definition) is 3. The van der Waals surface area contributed by atoms with Gasteiger partial charge in [-0.2, -0.15) is 0 Å². The van der Waals surface area contributed by atoms with E-state index in [0.717, 1.165) is 49.3 Å². The molecule has 4 rings (SSSR count). The third-order valence-electron chi connectivity index (χ3n) is 4.62. The van der Waals surface area contributed by atoms with Crippen molar-refractivity contribution in [3.8, 4) is 0 Å². The Balaban J connectivity index is 1.80. The second-order valence-electron chi connectivity index (χ2n) is 6.40. The van der Waals surface area contributed by atoms with Crippen molar-refractivity contribution in [3.05, 3.63) is 59.5 Å². The monoisotopic (exact) mass is 306 g/mol. The summed E-state index contributed by atoms with van der Waals surface area (Å²) in [5.74, 6) is 1.14. The van der Waals surface area contributed by atoms with Crippen molar-refractivity contribution in [2.45, 2.75) is 32.2 Å². The number of aryl methyl sites for hydroxylation is 1. The quantitative estimate of drug-likeness (QED) is 0.807. The summed E-state index contributed by atoms with van der Waals surface area (Å²) in [7, 11) is 0. The van der Waals surface area contributed by atoms with Gasteiger partial charge in [0.15, 0.2) is 5.65 Å². The topological polar surface area (TPSA) is 42.7 Å². The third kappa shape index (κ3) is 2.86. The largest absolute Gasteiger partial charge is 0.317 e. The molecule has 23 heavy (non-hydrogen) atoms. The van der Waals surface area contributed by atoms with Gasteiger partial charge in [0.25, 0.3) is 0 Å². The van der Waals surface area contributed by atoms with E-state index in [4.69, 9.17) is 9.97 Å². The molecular weight excluding hydrogens is 284 g/mol. The molecule has 3 heterocycles. The summed E-state index contributed by atoms with van der Waals surface area (Å²) in [6, 6.07) is 13.2. The van der Waals surface area contributed by atoms with E-state index in [-0.39, 0.29) is 0 Å². The molecule has 0 amide bonds. The van der Waals surface area contributed by atoms with Gasteiger partial charge < -0.3 is 9.88 Å². The predicted molar refractivity (Wildman–Crippen MR) is 92.7 cm³/mol. The van der Waals surface area contributed by atoms with Gasteiger partial charge in [-0.15, -0.1) is 0 Å². The minimum absolute atomic E-state index is 0.496. The fraction of sp³-hybridized carbons (Fsp3) is 0.368. The van der Waals surface area contributed by atoms with Crippen LogP contribution in [0.15, 0.2) is 42.6 Å². The lowest BCUT2D eigenvalue weighted by Gasteiger charge is -2.26. The molecule has 1 aliphatic heterocycles. The number of nitrogens with one attached hydrogen (secondary N) is 1. The van der Waals surface area contributed by atoms with Crippen LogP contribution >= 0.6 is 0 Å². The van der Waals surface area contributed by atoms with Crippen LogP contribution in [0.1, 0.15) is 35.8 Å². The first-order valence-corrected chi connectivity index (χ1v) is 8.39. The van der Waals surface area contributed by atoms with Crippen molar-refractivity contribution in [2.75, 3.05) is 13.1 Å². The SMILES string of the molecule is Cc1cnc2c(c1)nc(Cc1ccccc1)n2C1CCNCC1. The predicted octanol–water partition coefficient (Wildman–Crippen LogP) is 3.26. The highest BCUT2D eigenvalue weighted by molar-refractivity contribution is 5.72. The zero-order valence-electron chi connectivity index (χ0n) is 13.5. The third-order valence-corrected chi connectivity index (χ3v) is 4.62. The van der Waals surface area contributed by atoms with Gasteiger partial charge in [0.2, 0.25) is 0 Å². The molecule has 0 aliphatic carbocycles. The van der Waals surface area contributed by atoms with E-state index in [2.05, 4.69) is 53.2 Å². The van der Waals surface area contributed by atoms with Crippen LogP contribution in [0, 0.1) is 6.92 Å². The number of benzene rings is 1. The summed E-state index contributed by atoms with van der Waals surface area (Å²) in [4.78, 5) is 9.62. The maximum absolute atomic E-state index is 4.92. The molecule has 0 radical (unpaired) electrons. The zero-order chi connectivity index (χ0) is 15.6. The molecule has 0 spiro atoms. The molecule has 0 saturated carbocycles. The van der Waals surface area contributed by atoms with E-state index in [0.29, 0.717) is 6.04 Å². The van der Waals surface area contributed by atoms with Crippen LogP contribution in [0.2, 0.25) is 0 Å². The Bertz CT molecular complexity index is 801. The van der Waals surface area contributed by atoms with Gasteiger partial charge in [0.1, 0.15) is 11.3 Å². The number of piperidine rings is 1. The van der Waals surface area contributed by atoms with Crippen molar-refractivity contribution in [1.82, 2.24) is 19.9 Å². The molecule has 0 bridgehead atoms. The Morgan fingerprint density at radius 3 is 2.74 bits per heavy atom. The molecule has 1 aromatic carbocycles. The minimum Gasteiger partial charge on any atom is -0.317 e. The van der Waals surface area contributed by atoms with Crippen molar-refractivity contribution < 1.29 is 0 Å². The highest BCUT2D eigenvalue weighted by Gasteiger charge is 2.22. The molecule has 1 saturated heterocycles. The summed E-state index contributed by atoms with van der Waals surface area (Å²) >= 11 is 0. The highest BCUT2D eigenvalue weighted by atomic mass is 15.2. The Morgan fingerprint density at radius 2 is 1.96 bits per heavy atom. The van der Waals surface area contributed by atoms with E-state index in [1.165, 1.54) is 11.1 Å². The Morgan fingerprint density at radius 1 is 1.17 bits per heavy atom. The maximum Gasteiger partial charge on any atom is 0.160 e. The molecule has 4 nitrogen and oxygen atoms in total. The van der Waals surface area contributed by atoms with Gasteiger partial charge in [-0.25, -0.2) is 9.97 Å². The number of fused-ring (bicyclic) bond motifs is 1. The second kappa shape index (κ2) is 6.13. The molecule has 0 unspecified atom stereocenters. The highest BCUT2D eigenvalue weighted by Crippen LogP contribution is 2.27. The lowest BCUT2D eigenvalue weighted by atomic mass is 10.1. The first-order valence-electron chi connectivity index (χ1n) is 8.39. The number of rotatable bonds is 3. The minimum atomic E-state index is 0.496. The van der Waals surface area contributed by atoms with Gasteiger partial charge in [-0.3, -0.25) is 0 Å². The Hall–Kier alpha value is -2.20. The number of imidazole rings is 1. The Kier molecular flexibility index (Phi) is 3.83. The molecule has 1 N–H and O–H groups in total. The van der Waals surface area contributed by atoms with Gasteiger partial charge in [0, 0.05) is 18.7 Å². The number of pyridine rings is 1. The molecular formula is C19H22N4. The summed E-state index contributed by atoms with van der Waals surface area (Å²) in [5, 5.41) is 3.45. The lowest BCUT2D eigenvalue weighted by molar-refractivity contribution is 0.367. The number of hydrogen-bond donors (Lipinski definition) is 1. The molecule has 2 aromatic heterocycles. The van der Waals surface area contributed by atoms with E-state index < -0.39 is 0 Å². The molecule has 4 heteroatoms. The van der Waals surface area contributed by atoms with Crippen LogP contribution in [0.3, 0.4) is 0 Å². The summed E-state index contributed by atoms with van der Waals surface area (Å²) in [5.41, 5.74) is 4.52. The van der Waals surface area contributed by atoms with Crippen LogP contribution in [-0.2, 0) is 6.42 Å². The average Bonchev–Trinajstić information content (AvgIpc) is 2.93. The molecule has 1 aliphatic rings. The number of aromatic nitrogens is 3. The molecule has 1 fully saturated rings. The Labute approximate surface area is 136 Å². The van der Waals surface area contributed by atoms with Gasteiger partial charge in [-0.1, -0.05) is 30.3 Å². The van der Waals surface area contributed by atoms with Crippen molar-refractivity contribution in [1.29, 1.82) is 0 Å². The summed E-state index contributed by atoms with van der Waals surface area (Å²) in [6.45, 7) is 4.22. The molecule has 0 atom stereocenters. The van der Waals surface area contributed by atoms with E-state index in [1.54, 1.807) is 0 Å². The number of nitrogens with zero attached hydrogens (tertiary/aromatic N) is 3. The fourth-order valence-electron chi connectivity index (χ4n) is 3.48. The smallest absolute Gasteiger partial charge is 0.160 e. The standard InChI is InChI=1S/C19H22N4/c1-14-11-17-19(21-13-14)23(16-7-9-20-10-8-16)18(22-17)12-15-5-3-2-4-6-15/h2-6,11,13,16,20H,7-10,12H2,1H3. The average molecular weight is 306 g/mol. The normalized spacial score (nSPS) is 16.0. The maximum atomic E-state index is 4.92. The lowest BCUT2D eigenvalue weighted by Crippen LogP contribution is -2.30. The van der Waals surface area contributed by atoms with Crippen LogP contribution < -0.4 is 5.32 Å². The summed E-state index contributed by atoms with van der Waals surface area (Å²) < 4.78 is 2.39. The van der Waals surface area contributed by atoms with Crippen LogP contribution in [-0.4, -0.2) is 27.6 Å². The fourth-order valence-corrected chi connectivity index (χ4v) is 3.48. The van der Waals surface area contributed by atoms with E-state index in [1.807, 2.05) is 6.20 Å². The van der Waals surface area contributed by atoms with Gasteiger partial charge >= 0.3 is 0 Å². The van der Waals surface area contributed by atoms with Gasteiger partial charge in [-0.05, 0) is 50.0 Å². The van der Waals surface area contributed by atoms with E-state index >= 15 is 0 Å².